The second kappa shape index (κ2) is 47.7. The lowest BCUT2D eigenvalue weighted by molar-refractivity contribution is 0.0593. The fraction of sp³-hybridized carbons (Fsp3) is 0.398. The molecule has 0 saturated carbocycles. The number of ether oxygens (including phenoxy) is 5. The van der Waals surface area contributed by atoms with E-state index in [2.05, 4.69) is 134 Å². The number of piperazine rings is 1. The van der Waals surface area contributed by atoms with E-state index in [0.717, 1.165) is 195 Å². The average molecular weight is 2100 g/mol. The first kappa shape index (κ1) is 106. The number of hydrogen-bond donors (Lipinski definition) is 8. The number of likely N-dealkylation sites (N-methyl/N-ethyl adjacent to an activating group) is 2. The van der Waals surface area contributed by atoms with Gasteiger partial charge in [0.2, 0.25) is 10.0 Å². The normalized spacial score (nSPS) is 18.0. The van der Waals surface area contributed by atoms with Gasteiger partial charge in [-0.25, -0.2) is 18.0 Å². The van der Waals surface area contributed by atoms with Gasteiger partial charge in [0.25, 0.3) is 11.8 Å². The number of H-pyrrole nitrogens is 5. The van der Waals surface area contributed by atoms with E-state index in [1.807, 2.05) is 165 Å². The fourth-order valence-electron chi connectivity index (χ4n) is 21.1. The highest BCUT2D eigenvalue weighted by atomic mass is 35.5. The molecule has 2 fully saturated rings. The Morgan fingerprint density at radius 1 is 0.445 bits per heavy atom. The molecule has 12 heterocycles. The van der Waals surface area contributed by atoms with Gasteiger partial charge in [0, 0.05) is 231 Å². The van der Waals surface area contributed by atoms with Crippen LogP contribution in [0.5, 0.6) is 5.75 Å². The third kappa shape index (κ3) is 24.6. The SMILES string of the molecule is CC(C)(C)CC1NCCc2c1[nH]c1ccc(Cl)cc21.CCOC(=O)N1CCc2c([nH]c3ccc(Cl)cc23)C1c1ccc(C(=O)N(C)CCN(C)C)cc1.CCOC(=O)N1CCc2c([nH]c3ccc(Cl)cc23)C1c1cccc(C(=O)N2CCN(CCOC)CC2)c1.CN(C)CCCOc1ccc(C2NCCc3c2[nH]c2ccc(Cl)cc32)cc1.O=S(=O)(c1ccc(C2NCCc3c2[nH]c2ccc(Cl)cc32)cc1)N1CCOCC1. The molecule has 8 N–H and O–H groups in total. The van der Waals surface area contributed by atoms with Crippen molar-refractivity contribution in [2.24, 2.45) is 5.41 Å². The number of methoxy groups -OCH3 is 1. The Kier molecular flexibility index (Phi) is 34.7. The molecular formula is C113H133Cl5N16O11S. The number of rotatable bonds is 22. The zero-order valence-electron chi connectivity index (χ0n) is 85.0. The molecule has 0 spiro atoms. The standard InChI is InChI=1S/C28H33ClN4O4.C26H31ClN4O3.C22H26ClN3O.C21H22ClN3O3S.C16H21ClN2/c1-3-37-28(35)33-10-9-22-23-18-21(29)7-8-24(23)30-25(22)26(33)19-5-4-6-20(17-19)27(34)32-13-11-31(12-14-32)15-16-36-2;1-5-34-26(33)31-13-12-20-21-16-19(27)10-11-22(21)28-23(20)24(31)17-6-8-18(9-7-17)25(32)30(4)15-14-29(2)3;1-26(2)12-3-13-27-17-7-4-15(5-8-17)21-22-18(10-11-24-21)19-14-16(23)6-9-20(19)25-22;22-15-3-6-19-18(13-15)17-7-8-23-20(21(17)24-19)14-1-4-16(5-2-14)29(26,27)25-9-11-28-12-10-25;1-16(2,3)9-14-15-11(6-7-18-14)12-8-10(17)4-5-13(12)19-15/h4-8,17-18,26,30H,3,9-16H2,1-2H3;6-11,16,24,28H,5,12-15H2,1-4H3;4-9,14,21,24-25H,3,10-13H2,1-2H3;1-6,13,20,23-24H,7-12H2;4-5,8,14,18-19H,6-7,9H2,1-3H3. The highest BCUT2D eigenvalue weighted by Crippen LogP contribution is 2.45. The van der Waals surface area contributed by atoms with Crippen LogP contribution < -0.4 is 20.7 Å². The number of nitrogens with zero attached hydrogens (tertiary/aromatic N) is 8. The van der Waals surface area contributed by atoms with Gasteiger partial charge in [-0.2, -0.15) is 4.31 Å². The minimum Gasteiger partial charge on any atom is -0.494 e. The van der Waals surface area contributed by atoms with Gasteiger partial charge in [0.15, 0.2) is 0 Å². The van der Waals surface area contributed by atoms with E-state index in [1.54, 1.807) is 40.9 Å². The lowest BCUT2D eigenvalue weighted by atomic mass is 9.84. The molecule has 33 heteroatoms. The first-order valence-electron chi connectivity index (χ1n) is 50.6. The van der Waals surface area contributed by atoms with E-state index in [0.29, 0.717) is 129 Å². The van der Waals surface area contributed by atoms with Crippen LogP contribution in [0, 0.1) is 5.41 Å². The second-order valence-corrected chi connectivity index (χ2v) is 44.1. The van der Waals surface area contributed by atoms with Crippen molar-refractivity contribution >= 4 is 147 Å². The number of fused-ring (bicyclic) bond motifs is 15. The molecule has 2 saturated heterocycles. The lowest BCUT2D eigenvalue weighted by Gasteiger charge is -2.36. The largest absolute Gasteiger partial charge is 0.494 e. The van der Waals surface area contributed by atoms with Crippen molar-refractivity contribution in [3.8, 4) is 5.75 Å². The Hall–Kier alpha value is -11.0. The van der Waals surface area contributed by atoms with Crippen molar-refractivity contribution in [3.63, 3.8) is 0 Å². The summed E-state index contributed by atoms with van der Waals surface area (Å²) in [7, 11) is 8.16. The molecule has 7 aliphatic heterocycles. The first-order chi connectivity index (χ1) is 70.4. The van der Waals surface area contributed by atoms with Crippen molar-refractivity contribution < 1.29 is 51.3 Å². The molecule has 0 radical (unpaired) electrons. The van der Waals surface area contributed by atoms with Gasteiger partial charge in [-0.05, 0) is 289 Å². The van der Waals surface area contributed by atoms with Crippen LogP contribution in [-0.2, 0) is 61.1 Å². The van der Waals surface area contributed by atoms with Crippen LogP contribution >= 0.6 is 58.0 Å². The van der Waals surface area contributed by atoms with Crippen LogP contribution in [0.3, 0.4) is 0 Å². The number of aromatic nitrogens is 5. The molecule has 27 nitrogen and oxygen atoms in total. The van der Waals surface area contributed by atoms with Crippen LogP contribution in [0.15, 0.2) is 193 Å². The van der Waals surface area contributed by atoms with Crippen molar-refractivity contribution in [1.29, 1.82) is 0 Å². The van der Waals surface area contributed by atoms with Crippen LogP contribution in [0.1, 0.15) is 177 Å². The monoisotopic (exact) mass is 2100 g/mol. The summed E-state index contributed by atoms with van der Waals surface area (Å²) in [4.78, 5) is 83.9. The summed E-state index contributed by atoms with van der Waals surface area (Å²) < 4.78 is 54.3. The van der Waals surface area contributed by atoms with E-state index in [9.17, 15) is 27.6 Å². The van der Waals surface area contributed by atoms with Crippen molar-refractivity contribution in [1.82, 2.24) is 79.5 Å². The van der Waals surface area contributed by atoms with E-state index in [-0.39, 0.29) is 42.1 Å². The van der Waals surface area contributed by atoms with Crippen molar-refractivity contribution in [2.75, 3.05) is 180 Å². The summed E-state index contributed by atoms with van der Waals surface area (Å²) >= 11 is 31.1. The summed E-state index contributed by atoms with van der Waals surface area (Å²) in [5.74, 6) is 0.910. The summed E-state index contributed by atoms with van der Waals surface area (Å²) in [5.41, 5.74) is 23.0. The fourth-order valence-corrected chi connectivity index (χ4v) is 23.3. The van der Waals surface area contributed by atoms with Crippen LogP contribution in [0.4, 0.5) is 9.59 Å². The van der Waals surface area contributed by atoms with Gasteiger partial charge in [0.1, 0.15) is 17.8 Å². The molecule has 21 rings (SSSR count). The number of carbonyl (C=O) groups excluding carboxylic acids is 4. The van der Waals surface area contributed by atoms with Crippen LogP contribution in [-0.4, -0.2) is 276 Å². The number of hydrogen-bond acceptors (Lipinski definition) is 17. The Morgan fingerprint density at radius 2 is 0.877 bits per heavy atom. The summed E-state index contributed by atoms with van der Waals surface area (Å²) in [5, 5.41) is 20.4. The molecule has 7 aliphatic rings. The van der Waals surface area contributed by atoms with Crippen LogP contribution in [0.25, 0.3) is 54.5 Å². The minimum atomic E-state index is -3.48. The molecule has 14 aromatic rings. The van der Waals surface area contributed by atoms with Gasteiger partial charge >= 0.3 is 12.2 Å². The molecule has 5 aromatic heterocycles. The molecular weight excluding hydrogens is 1970 g/mol. The maximum absolute atomic E-state index is 13.5. The number of nitrogens with one attached hydrogen (secondary N) is 8. The smallest absolute Gasteiger partial charge is 0.410 e. The number of morpholine rings is 1. The van der Waals surface area contributed by atoms with Crippen molar-refractivity contribution in [2.45, 2.75) is 115 Å². The number of aromatic amines is 5. The minimum absolute atomic E-state index is 0.00920. The van der Waals surface area contributed by atoms with Gasteiger partial charge in [-0.3, -0.25) is 24.3 Å². The van der Waals surface area contributed by atoms with E-state index < -0.39 is 16.1 Å². The van der Waals surface area contributed by atoms with Gasteiger partial charge in [0.05, 0.1) is 56.6 Å². The summed E-state index contributed by atoms with van der Waals surface area (Å²) in [6.07, 6.45) is 5.87. The third-order valence-corrected chi connectivity index (χ3v) is 31.4. The first-order valence-corrected chi connectivity index (χ1v) is 53.9. The number of carbonyl (C=O) groups is 4. The maximum Gasteiger partial charge on any atom is 0.410 e. The highest BCUT2D eigenvalue weighted by molar-refractivity contribution is 7.89. The quantitative estimate of drug-likeness (QED) is 0.0293. The highest BCUT2D eigenvalue weighted by Gasteiger charge is 2.40. The molecule has 5 atom stereocenters. The Bertz CT molecular complexity index is 7070. The third-order valence-electron chi connectivity index (χ3n) is 28.3. The van der Waals surface area contributed by atoms with Crippen LogP contribution in [0.2, 0.25) is 25.1 Å². The number of halogens is 5. The summed E-state index contributed by atoms with van der Waals surface area (Å²) in [6, 6.07) is 60.4. The Morgan fingerprint density at radius 3 is 1.34 bits per heavy atom. The maximum atomic E-state index is 13.5. The van der Waals surface area contributed by atoms with E-state index in [1.165, 1.54) is 54.2 Å². The summed E-state index contributed by atoms with van der Waals surface area (Å²) in [6.45, 7) is 24.5. The van der Waals surface area contributed by atoms with E-state index >= 15 is 0 Å². The van der Waals surface area contributed by atoms with Gasteiger partial charge < -0.3 is 84.2 Å². The molecule has 9 aromatic carbocycles. The zero-order chi connectivity index (χ0) is 103. The second-order valence-electron chi connectivity index (χ2n) is 40.0. The molecule has 5 unspecified atom stereocenters. The molecule has 0 aliphatic carbocycles. The Labute approximate surface area is 879 Å². The molecule has 0 bridgehead atoms. The van der Waals surface area contributed by atoms with Gasteiger partial charge in [-0.1, -0.05) is 127 Å². The molecule has 146 heavy (non-hydrogen) atoms. The lowest BCUT2D eigenvalue weighted by Crippen LogP contribution is -2.49. The number of benzene rings is 9. The number of sulfonamides is 1. The van der Waals surface area contributed by atoms with Gasteiger partial charge in [-0.15, -0.1) is 0 Å². The predicted octanol–water partition coefficient (Wildman–Crippen LogP) is 20.8. The molecule has 772 valence electrons. The predicted molar refractivity (Wildman–Crippen MR) is 584 cm³/mol. The average Bonchev–Trinajstić information content (AvgIpc) is 1.58. The topological polar surface area (TPSA) is 290 Å². The molecule has 4 amide bonds. The Balaban J connectivity index is 0.000000127. The zero-order valence-corrected chi connectivity index (χ0v) is 89.5. The van der Waals surface area contributed by atoms with E-state index in [4.69, 9.17) is 81.7 Å². The van der Waals surface area contributed by atoms with Crippen molar-refractivity contribution in [3.05, 3.63) is 303 Å². The number of amides is 4.